The Morgan fingerprint density at radius 3 is 2.36 bits per heavy atom. The zero-order valence-corrected chi connectivity index (χ0v) is 20.5. The molecule has 3 amide bonds. The quantitative estimate of drug-likeness (QED) is 0.376. The first-order valence-corrected chi connectivity index (χ1v) is 11.7. The predicted octanol–water partition coefficient (Wildman–Crippen LogP) is -1.60. The van der Waals surface area contributed by atoms with Crippen LogP contribution in [0.3, 0.4) is 0 Å². The van der Waals surface area contributed by atoms with Gasteiger partial charge < -0.3 is 34.8 Å². The molecule has 2 N–H and O–H groups in total. The summed E-state index contributed by atoms with van der Waals surface area (Å²) in [4.78, 5) is 72.6. The molecule has 2 fully saturated rings. The van der Waals surface area contributed by atoms with E-state index < -0.39 is 48.8 Å². The van der Waals surface area contributed by atoms with Gasteiger partial charge >= 0.3 is 11.9 Å². The minimum atomic E-state index is -1.20. The zero-order chi connectivity index (χ0) is 26.2. The van der Waals surface area contributed by atoms with E-state index in [4.69, 9.17) is 5.11 Å². The molecule has 3 heterocycles. The third-order valence-corrected chi connectivity index (χ3v) is 6.47. The number of aromatic nitrogens is 1. The maximum atomic E-state index is 13.4. The molecule has 2 aliphatic heterocycles. The van der Waals surface area contributed by atoms with E-state index in [1.807, 2.05) is 12.1 Å². The van der Waals surface area contributed by atoms with Crippen LogP contribution < -0.4 is 10.2 Å². The maximum absolute atomic E-state index is 13.4. The number of methoxy groups -OCH3 is 1. The van der Waals surface area contributed by atoms with Crippen LogP contribution in [0.4, 0.5) is 5.69 Å². The van der Waals surface area contributed by atoms with Gasteiger partial charge in [0.2, 0.25) is 17.7 Å². The van der Waals surface area contributed by atoms with Crippen molar-refractivity contribution in [3.05, 3.63) is 24.5 Å². The molecule has 0 aromatic carbocycles. The van der Waals surface area contributed by atoms with Crippen molar-refractivity contribution in [3.63, 3.8) is 0 Å². The lowest BCUT2D eigenvalue weighted by molar-refractivity contribution is -0.159. The number of pyridine rings is 1. The molecule has 2 aliphatic rings. The Bertz CT molecular complexity index is 967. The number of rotatable bonds is 9. The van der Waals surface area contributed by atoms with E-state index in [2.05, 4.69) is 19.9 Å². The van der Waals surface area contributed by atoms with E-state index in [1.54, 1.807) is 24.3 Å². The molecule has 2 atom stereocenters. The molecule has 0 unspecified atom stereocenters. The van der Waals surface area contributed by atoms with Crippen LogP contribution in [-0.2, 0) is 28.7 Å². The van der Waals surface area contributed by atoms with Crippen LogP contribution in [0.1, 0.15) is 12.8 Å². The number of amides is 3. The molecule has 0 saturated carbocycles. The standard InChI is InChI=1S/C23H32N6O7/c1-24-17(13-19(30)27-9-7-26(8-10-27)16-3-5-25-6-4-16)22(34)29-12-11-28(15-20(31)32)23(35)18(29)14-21(33)36-2/h3-6,17-18,24H,7-15H2,1-2H3,(H,31,32)/t17-,18+/m1/s1. The number of nitrogens with zero attached hydrogens (tertiary/aromatic N) is 5. The lowest BCUT2D eigenvalue weighted by Gasteiger charge is -2.41. The van der Waals surface area contributed by atoms with Gasteiger partial charge in [0, 0.05) is 57.3 Å². The number of ether oxygens (including phenoxy) is 1. The van der Waals surface area contributed by atoms with Crippen molar-refractivity contribution in [2.75, 3.05) is 64.9 Å². The summed E-state index contributed by atoms with van der Waals surface area (Å²) in [5.41, 5.74) is 1.03. The molecule has 1 aromatic heterocycles. The Morgan fingerprint density at radius 2 is 1.78 bits per heavy atom. The fourth-order valence-electron chi connectivity index (χ4n) is 4.45. The Kier molecular flexibility index (Phi) is 9.17. The first kappa shape index (κ1) is 26.9. The molecule has 0 radical (unpaired) electrons. The number of carboxylic acid groups (broad SMARTS) is 1. The number of aliphatic carboxylic acids is 1. The first-order chi connectivity index (χ1) is 17.2. The second-order valence-corrected chi connectivity index (χ2v) is 8.60. The molecule has 0 aliphatic carbocycles. The number of carbonyl (C=O) groups excluding carboxylic acids is 4. The summed E-state index contributed by atoms with van der Waals surface area (Å²) in [6, 6.07) is 1.72. The zero-order valence-electron chi connectivity index (χ0n) is 20.5. The number of anilines is 1. The van der Waals surface area contributed by atoms with Crippen molar-refractivity contribution in [1.29, 1.82) is 0 Å². The molecule has 13 nitrogen and oxygen atoms in total. The highest BCUT2D eigenvalue weighted by Crippen LogP contribution is 2.19. The molecular weight excluding hydrogens is 472 g/mol. The number of hydrogen-bond donors (Lipinski definition) is 2. The second kappa shape index (κ2) is 12.3. The number of carboxylic acids is 1. The molecule has 13 heteroatoms. The molecule has 196 valence electrons. The highest BCUT2D eigenvalue weighted by atomic mass is 16.5. The number of nitrogens with one attached hydrogen (secondary N) is 1. The summed E-state index contributed by atoms with van der Waals surface area (Å²) < 4.78 is 4.67. The van der Waals surface area contributed by atoms with Crippen LogP contribution in [0.25, 0.3) is 0 Å². The Balaban J connectivity index is 1.64. The van der Waals surface area contributed by atoms with E-state index in [-0.39, 0.29) is 25.4 Å². The third-order valence-electron chi connectivity index (χ3n) is 6.47. The summed E-state index contributed by atoms with van der Waals surface area (Å²) in [7, 11) is 2.72. The Labute approximate surface area is 209 Å². The second-order valence-electron chi connectivity index (χ2n) is 8.60. The van der Waals surface area contributed by atoms with Crippen LogP contribution in [0.5, 0.6) is 0 Å². The highest BCUT2D eigenvalue weighted by molar-refractivity contribution is 5.96. The topological polar surface area (TPSA) is 153 Å². The summed E-state index contributed by atoms with van der Waals surface area (Å²) in [6.45, 7) is 1.82. The predicted molar refractivity (Wildman–Crippen MR) is 127 cm³/mol. The van der Waals surface area contributed by atoms with Crippen molar-refractivity contribution in [2.24, 2.45) is 0 Å². The van der Waals surface area contributed by atoms with Crippen molar-refractivity contribution < 1.29 is 33.8 Å². The molecular formula is C23H32N6O7. The minimum absolute atomic E-state index is 0.00981. The fraction of sp³-hybridized carbons (Fsp3) is 0.565. The number of likely N-dealkylation sites (N-methyl/N-ethyl adjacent to an activating group) is 1. The monoisotopic (exact) mass is 504 g/mol. The molecule has 1 aromatic rings. The van der Waals surface area contributed by atoms with Gasteiger partial charge in [0.05, 0.1) is 26.0 Å². The first-order valence-electron chi connectivity index (χ1n) is 11.7. The highest BCUT2D eigenvalue weighted by Gasteiger charge is 2.41. The van der Waals surface area contributed by atoms with Crippen molar-refractivity contribution in [2.45, 2.75) is 24.9 Å². The van der Waals surface area contributed by atoms with E-state index in [0.717, 1.165) is 10.6 Å². The summed E-state index contributed by atoms with van der Waals surface area (Å²) in [5, 5.41) is 11.9. The summed E-state index contributed by atoms with van der Waals surface area (Å²) in [6.07, 6.45) is 2.92. The van der Waals surface area contributed by atoms with Gasteiger partial charge in [0.25, 0.3) is 0 Å². The number of piperazine rings is 2. The van der Waals surface area contributed by atoms with E-state index in [1.165, 1.54) is 12.0 Å². The average Bonchev–Trinajstić information content (AvgIpc) is 2.89. The van der Waals surface area contributed by atoms with Gasteiger partial charge in [-0.25, -0.2) is 0 Å². The SMILES string of the molecule is CN[C@H](CC(=O)N1CCN(c2ccncc2)CC1)C(=O)N1CCN(CC(=O)O)C(=O)[C@@H]1CC(=O)OC. The molecule has 2 saturated heterocycles. The Hall–Kier alpha value is -3.74. The fourth-order valence-corrected chi connectivity index (χ4v) is 4.45. The van der Waals surface area contributed by atoms with E-state index >= 15 is 0 Å². The van der Waals surface area contributed by atoms with Gasteiger partial charge in [0.15, 0.2) is 0 Å². The largest absolute Gasteiger partial charge is 0.480 e. The Morgan fingerprint density at radius 1 is 1.11 bits per heavy atom. The average molecular weight is 505 g/mol. The van der Waals surface area contributed by atoms with Crippen LogP contribution >= 0.6 is 0 Å². The van der Waals surface area contributed by atoms with Gasteiger partial charge in [-0.2, -0.15) is 0 Å². The number of carbonyl (C=O) groups is 5. The van der Waals surface area contributed by atoms with Gasteiger partial charge in [0.1, 0.15) is 12.6 Å². The minimum Gasteiger partial charge on any atom is -0.480 e. The van der Waals surface area contributed by atoms with Gasteiger partial charge in [-0.3, -0.25) is 29.0 Å². The summed E-state index contributed by atoms with van der Waals surface area (Å²) >= 11 is 0. The lowest BCUT2D eigenvalue weighted by Crippen LogP contribution is -2.63. The van der Waals surface area contributed by atoms with Gasteiger partial charge in [-0.15, -0.1) is 0 Å². The van der Waals surface area contributed by atoms with Crippen molar-refractivity contribution in [3.8, 4) is 0 Å². The molecule has 36 heavy (non-hydrogen) atoms. The van der Waals surface area contributed by atoms with Crippen LogP contribution in [-0.4, -0.2) is 127 Å². The van der Waals surface area contributed by atoms with E-state index in [0.29, 0.717) is 26.2 Å². The van der Waals surface area contributed by atoms with Crippen LogP contribution in [0.2, 0.25) is 0 Å². The maximum Gasteiger partial charge on any atom is 0.323 e. The van der Waals surface area contributed by atoms with Crippen molar-refractivity contribution >= 4 is 35.3 Å². The van der Waals surface area contributed by atoms with E-state index in [9.17, 15) is 24.0 Å². The van der Waals surface area contributed by atoms with Gasteiger partial charge in [-0.1, -0.05) is 0 Å². The third kappa shape index (κ3) is 6.47. The molecule has 0 spiro atoms. The number of hydrogen-bond acceptors (Lipinski definition) is 9. The van der Waals surface area contributed by atoms with Crippen LogP contribution in [0, 0.1) is 0 Å². The molecule has 0 bridgehead atoms. The molecule has 3 rings (SSSR count). The summed E-state index contributed by atoms with van der Waals surface area (Å²) in [5.74, 6) is -3.23. The number of esters is 1. The van der Waals surface area contributed by atoms with Gasteiger partial charge in [-0.05, 0) is 19.2 Å². The van der Waals surface area contributed by atoms with Crippen molar-refractivity contribution in [1.82, 2.24) is 25.0 Å². The lowest BCUT2D eigenvalue weighted by atomic mass is 10.0. The smallest absolute Gasteiger partial charge is 0.323 e. The van der Waals surface area contributed by atoms with Crippen LogP contribution in [0.15, 0.2) is 24.5 Å². The normalized spacial score (nSPS) is 19.2.